The Morgan fingerprint density at radius 3 is 2.72 bits per heavy atom. The molecule has 5 heteroatoms. The summed E-state index contributed by atoms with van der Waals surface area (Å²) < 4.78 is 13.5. The van der Waals surface area contributed by atoms with Crippen molar-refractivity contribution in [3.8, 4) is 6.07 Å². The second-order valence-electron chi connectivity index (χ2n) is 4.18. The van der Waals surface area contributed by atoms with Crippen molar-refractivity contribution in [3.05, 3.63) is 29.6 Å². The summed E-state index contributed by atoms with van der Waals surface area (Å²) in [6.07, 6.45) is 0. The lowest BCUT2D eigenvalue weighted by atomic mass is 10.2. The Balaban J connectivity index is 2.41. The summed E-state index contributed by atoms with van der Waals surface area (Å²) in [4.78, 5) is 11.3. The molecular formula is C13H16FN3O. The molecule has 0 unspecified atom stereocenters. The summed E-state index contributed by atoms with van der Waals surface area (Å²) in [5, 5.41) is 14.2. The predicted octanol–water partition coefficient (Wildman–Crippen LogP) is 1.88. The smallest absolute Gasteiger partial charge is 0.222 e. The van der Waals surface area contributed by atoms with E-state index in [9.17, 15) is 9.18 Å². The number of anilines is 1. The topological polar surface area (TPSA) is 64.9 Å². The third-order valence-corrected chi connectivity index (χ3v) is 2.36. The number of carbonyl (C=O) groups excluding carboxylic acids is 1. The van der Waals surface area contributed by atoms with E-state index < -0.39 is 5.82 Å². The number of benzene rings is 1. The second-order valence-corrected chi connectivity index (χ2v) is 4.18. The Hall–Kier alpha value is -2.09. The number of amides is 1. The van der Waals surface area contributed by atoms with Crippen LogP contribution in [0.2, 0.25) is 0 Å². The van der Waals surface area contributed by atoms with Gasteiger partial charge in [0.15, 0.2) is 0 Å². The van der Waals surface area contributed by atoms with Crippen molar-refractivity contribution >= 4 is 11.6 Å². The van der Waals surface area contributed by atoms with Gasteiger partial charge in [-0.3, -0.25) is 4.79 Å². The van der Waals surface area contributed by atoms with Gasteiger partial charge in [0.25, 0.3) is 0 Å². The van der Waals surface area contributed by atoms with Crippen LogP contribution in [0.3, 0.4) is 0 Å². The highest BCUT2D eigenvalue weighted by Gasteiger charge is 2.06. The number of hydrogen-bond donors (Lipinski definition) is 2. The maximum Gasteiger partial charge on any atom is 0.222 e. The van der Waals surface area contributed by atoms with E-state index in [0.29, 0.717) is 18.8 Å². The van der Waals surface area contributed by atoms with Crippen LogP contribution in [0.5, 0.6) is 0 Å². The Bertz CT molecular complexity index is 466. The van der Waals surface area contributed by atoms with Gasteiger partial charge < -0.3 is 10.6 Å². The Labute approximate surface area is 106 Å². The first-order valence-electron chi connectivity index (χ1n) is 5.76. The zero-order valence-electron chi connectivity index (χ0n) is 10.5. The first-order valence-corrected chi connectivity index (χ1v) is 5.76. The number of nitriles is 1. The highest BCUT2D eigenvalue weighted by Crippen LogP contribution is 2.14. The Morgan fingerprint density at radius 2 is 2.17 bits per heavy atom. The summed E-state index contributed by atoms with van der Waals surface area (Å²) in [5.41, 5.74) is 0.610. The average molecular weight is 249 g/mol. The van der Waals surface area contributed by atoms with Crippen LogP contribution in [0, 0.1) is 23.1 Å². The first-order chi connectivity index (χ1) is 8.54. The van der Waals surface area contributed by atoms with Gasteiger partial charge in [-0.2, -0.15) is 5.26 Å². The quantitative estimate of drug-likeness (QED) is 0.783. The number of rotatable bonds is 5. The van der Waals surface area contributed by atoms with Gasteiger partial charge in [0.2, 0.25) is 5.91 Å². The van der Waals surface area contributed by atoms with Crippen molar-refractivity contribution in [3.63, 3.8) is 0 Å². The summed E-state index contributed by atoms with van der Waals surface area (Å²) in [6, 6.07) is 6.09. The van der Waals surface area contributed by atoms with Crippen molar-refractivity contribution < 1.29 is 9.18 Å². The molecule has 18 heavy (non-hydrogen) atoms. The molecule has 2 N–H and O–H groups in total. The van der Waals surface area contributed by atoms with Gasteiger partial charge in [0, 0.05) is 19.0 Å². The van der Waals surface area contributed by atoms with Crippen LogP contribution >= 0.6 is 0 Å². The van der Waals surface area contributed by atoms with Crippen LogP contribution < -0.4 is 10.6 Å². The van der Waals surface area contributed by atoms with Crippen molar-refractivity contribution in [2.45, 2.75) is 13.8 Å². The molecule has 1 amide bonds. The van der Waals surface area contributed by atoms with E-state index >= 15 is 0 Å². The lowest BCUT2D eigenvalue weighted by Crippen LogP contribution is -2.31. The summed E-state index contributed by atoms with van der Waals surface area (Å²) >= 11 is 0. The maximum atomic E-state index is 13.5. The molecule has 1 rings (SSSR count). The minimum Gasteiger partial charge on any atom is -0.381 e. The van der Waals surface area contributed by atoms with E-state index in [1.165, 1.54) is 18.2 Å². The molecule has 0 aliphatic rings. The molecular weight excluding hydrogens is 233 g/mol. The number of nitrogens with zero attached hydrogens (tertiary/aromatic N) is 1. The van der Waals surface area contributed by atoms with Crippen LogP contribution in [0.4, 0.5) is 10.1 Å². The highest BCUT2D eigenvalue weighted by atomic mass is 19.1. The molecule has 96 valence electrons. The maximum absolute atomic E-state index is 13.5. The van der Waals surface area contributed by atoms with E-state index in [1.54, 1.807) is 0 Å². The SMILES string of the molecule is CC(C)C(=O)NCCNc1ccc(C#N)cc1F. The zero-order chi connectivity index (χ0) is 13.5. The van der Waals surface area contributed by atoms with E-state index in [0.717, 1.165) is 0 Å². The molecule has 0 bridgehead atoms. The predicted molar refractivity (Wildman–Crippen MR) is 67.5 cm³/mol. The van der Waals surface area contributed by atoms with E-state index in [2.05, 4.69) is 10.6 Å². The summed E-state index contributed by atoms with van der Waals surface area (Å²) in [5.74, 6) is -0.557. The van der Waals surface area contributed by atoms with Crippen molar-refractivity contribution in [2.75, 3.05) is 18.4 Å². The molecule has 0 spiro atoms. The molecule has 0 heterocycles. The van der Waals surface area contributed by atoms with E-state index in [4.69, 9.17) is 5.26 Å². The Morgan fingerprint density at radius 1 is 1.44 bits per heavy atom. The minimum atomic E-state index is -0.468. The van der Waals surface area contributed by atoms with Crippen molar-refractivity contribution in [2.24, 2.45) is 5.92 Å². The molecule has 0 fully saturated rings. The third kappa shape index (κ3) is 4.06. The minimum absolute atomic E-state index is 0.0305. The lowest BCUT2D eigenvalue weighted by molar-refractivity contribution is -0.123. The fraction of sp³-hybridized carbons (Fsp3) is 0.385. The van der Waals surface area contributed by atoms with Gasteiger partial charge in [-0.15, -0.1) is 0 Å². The highest BCUT2D eigenvalue weighted by molar-refractivity contribution is 5.77. The van der Waals surface area contributed by atoms with Crippen LogP contribution in [0.25, 0.3) is 0 Å². The van der Waals surface area contributed by atoms with Crippen LogP contribution in [-0.4, -0.2) is 19.0 Å². The van der Waals surface area contributed by atoms with Gasteiger partial charge in [-0.1, -0.05) is 13.8 Å². The van der Waals surface area contributed by atoms with Crippen LogP contribution in [-0.2, 0) is 4.79 Å². The largest absolute Gasteiger partial charge is 0.381 e. The monoisotopic (exact) mass is 249 g/mol. The molecule has 0 aliphatic carbocycles. The van der Waals surface area contributed by atoms with Gasteiger partial charge in [-0.25, -0.2) is 4.39 Å². The second kappa shape index (κ2) is 6.60. The molecule has 0 aliphatic heterocycles. The lowest BCUT2D eigenvalue weighted by Gasteiger charge is -2.10. The van der Waals surface area contributed by atoms with Crippen LogP contribution in [0.15, 0.2) is 18.2 Å². The number of hydrogen-bond acceptors (Lipinski definition) is 3. The molecule has 0 radical (unpaired) electrons. The number of nitrogens with one attached hydrogen (secondary N) is 2. The summed E-state index contributed by atoms with van der Waals surface area (Å²) in [7, 11) is 0. The molecule has 0 saturated carbocycles. The van der Waals surface area contributed by atoms with Crippen LogP contribution in [0.1, 0.15) is 19.4 Å². The normalized spacial score (nSPS) is 9.94. The first kappa shape index (κ1) is 14.0. The van der Waals surface area contributed by atoms with Gasteiger partial charge >= 0.3 is 0 Å². The standard InChI is InChI=1S/C13H16FN3O/c1-9(2)13(18)17-6-5-16-12-4-3-10(8-15)7-11(12)14/h3-4,7,9,16H,5-6H2,1-2H3,(H,17,18). The molecule has 4 nitrogen and oxygen atoms in total. The number of carbonyl (C=O) groups is 1. The van der Waals surface area contributed by atoms with Gasteiger partial charge in [0.1, 0.15) is 5.82 Å². The fourth-order valence-electron chi connectivity index (χ4n) is 1.32. The molecule has 0 saturated heterocycles. The third-order valence-electron chi connectivity index (χ3n) is 2.36. The fourth-order valence-corrected chi connectivity index (χ4v) is 1.32. The molecule has 1 aromatic rings. The van der Waals surface area contributed by atoms with E-state index in [-0.39, 0.29) is 17.4 Å². The van der Waals surface area contributed by atoms with Crippen molar-refractivity contribution in [1.29, 1.82) is 5.26 Å². The molecule has 1 aromatic carbocycles. The van der Waals surface area contributed by atoms with E-state index in [1.807, 2.05) is 19.9 Å². The average Bonchev–Trinajstić information content (AvgIpc) is 2.35. The molecule has 0 atom stereocenters. The number of halogens is 1. The van der Waals surface area contributed by atoms with Gasteiger partial charge in [-0.05, 0) is 18.2 Å². The van der Waals surface area contributed by atoms with Crippen molar-refractivity contribution in [1.82, 2.24) is 5.32 Å². The Kier molecular flexibility index (Phi) is 5.12. The molecule has 0 aromatic heterocycles. The van der Waals surface area contributed by atoms with Gasteiger partial charge in [0.05, 0.1) is 17.3 Å². The summed E-state index contributed by atoms with van der Waals surface area (Å²) in [6.45, 7) is 4.48. The zero-order valence-corrected chi connectivity index (χ0v) is 10.5.